The highest BCUT2D eigenvalue weighted by Gasteiger charge is 2.06. The smallest absolute Gasteiger partial charge is 0.150 e. The molecule has 0 unspecified atom stereocenters. The quantitative estimate of drug-likeness (QED) is 0.825. The van der Waals surface area contributed by atoms with Gasteiger partial charge in [-0.1, -0.05) is 12.2 Å². The molecule has 0 fully saturated rings. The molecular weight excluding hydrogens is 200 g/mol. The standard InChI is InChI=1S/C12H10N4/c1-2-9-6-11(15-7-10(9)3-1)16-12-8-13-4-5-14-12/h1,3-8H,2H2,(H,14,15,16). The SMILES string of the molecule is C1=Cc2cnc(Nc3cnccn3)cc2C1. The molecule has 0 bridgehead atoms. The second-order valence-electron chi connectivity index (χ2n) is 3.59. The molecule has 2 aromatic heterocycles. The monoisotopic (exact) mass is 210 g/mol. The summed E-state index contributed by atoms with van der Waals surface area (Å²) in [5, 5.41) is 3.12. The Balaban J connectivity index is 1.87. The highest BCUT2D eigenvalue weighted by atomic mass is 15.1. The Morgan fingerprint density at radius 1 is 1.06 bits per heavy atom. The van der Waals surface area contributed by atoms with Crippen LogP contribution in [-0.4, -0.2) is 15.0 Å². The van der Waals surface area contributed by atoms with Gasteiger partial charge >= 0.3 is 0 Å². The van der Waals surface area contributed by atoms with Crippen LogP contribution in [0, 0.1) is 0 Å². The van der Waals surface area contributed by atoms with Crippen molar-refractivity contribution in [1.82, 2.24) is 15.0 Å². The Bertz CT molecular complexity index is 534. The number of nitrogens with zero attached hydrogens (tertiary/aromatic N) is 3. The van der Waals surface area contributed by atoms with E-state index in [9.17, 15) is 0 Å². The van der Waals surface area contributed by atoms with Crippen LogP contribution in [0.2, 0.25) is 0 Å². The van der Waals surface area contributed by atoms with Crippen LogP contribution in [0.15, 0.2) is 36.9 Å². The Kier molecular flexibility index (Phi) is 2.11. The van der Waals surface area contributed by atoms with E-state index in [1.807, 2.05) is 12.3 Å². The zero-order valence-corrected chi connectivity index (χ0v) is 8.59. The fourth-order valence-electron chi connectivity index (χ4n) is 1.71. The van der Waals surface area contributed by atoms with Crippen molar-refractivity contribution in [1.29, 1.82) is 0 Å². The average molecular weight is 210 g/mol. The predicted molar refractivity (Wildman–Crippen MR) is 62.3 cm³/mol. The molecule has 0 aromatic carbocycles. The molecule has 0 saturated carbocycles. The van der Waals surface area contributed by atoms with Crippen molar-refractivity contribution in [2.45, 2.75) is 6.42 Å². The minimum absolute atomic E-state index is 0.709. The largest absolute Gasteiger partial charge is 0.324 e. The van der Waals surface area contributed by atoms with Gasteiger partial charge in [-0.15, -0.1) is 0 Å². The number of hydrogen-bond acceptors (Lipinski definition) is 4. The van der Waals surface area contributed by atoms with Gasteiger partial charge in [0, 0.05) is 18.6 Å². The maximum Gasteiger partial charge on any atom is 0.150 e. The molecule has 3 rings (SSSR count). The lowest BCUT2D eigenvalue weighted by Crippen LogP contribution is -1.97. The number of hydrogen-bond donors (Lipinski definition) is 1. The molecule has 0 spiro atoms. The zero-order chi connectivity index (χ0) is 10.8. The van der Waals surface area contributed by atoms with Crippen LogP contribution in [0.25, 0.3) is 6.08 Å². The van der Waals surface area contributed by atoms with Gasteiger partial charge in [-0.05, 0) is 23.6 Å². The van der Waals surface area contributed by atoms with E-state index in [2.05, 4.69) is 32.4 Å². The first-order valence-corrected chi connectivity index (χ1v) is 5.10. The van der Waals surface area contributed by atoms with Crippen molar-refractivity contribution in [3.8, 4) is 0 Å². The van der Waals surface area contributed by atoms with Gasteiger partial charge in [-0.2, -0.15) is 0 Å². The van der Waals surface area contributed by atoms with Gasteiger partial charge in [-0.25, -0.2) is 9.97 Å². The number of pyridine rings is 1. The lowest BCUT2D eigenvalue weighted by Gasteiger charge is -2.05. The highest BCUT2D eigenvalue weighted by molar-refractivity contribution is 5.63. The van der Waals surface area contributed by atoms with Crippen molar-refractivity contribution in [2.75, 3.05) is 5.32 Å². The first kappa shape index (κ1) is 9.03. The Labute approximate surface area is 93.1 Å². The molecule has 1 N–H and O–H groups in total. The third-order valence-corrected chi connectivity index (χ3v) is 2.48. The molecule has 0 amide bonds. The van der Waals surface area contributed by atoms with E-state index in [0.717, 1.165) is 12.2 Å². The van der Waals surface area contributed by atoms with Crippen molar-refractivity contribution < 1.29 is 0 Å². The van der Waals surface area contributed by atoms with Crippen molar-refractivity contribution in [3.05, 3.63) is 48.1 Å². The molecule has 4 nitrogen and oxygen atoms in total. The second kappa shape index (κ2) is 3.73. The zero-order valence-electron chi connectivity index (χ0n) is 8.59. The van der Waals surface area contributed by atoms with E-state index < -0.39 is 0 Å². The molecular formula is C12H10N4. The molecule has 2 aromatic rings. The van der Waals surface area contributed by atoms with Gasteiger partial charge in [0.25, 0.3) is 0 Å². The van der Waals surface area contributed by atoms with Crippen molar-refractivity contribution in [3.63, 3.8) is 0 Å². The van der Waals surface area contributed by atoms with Gasteiger partial charge in [0.2, 0.25) is 0 Å². The normalized spacial score (nSPS) is 12.5. The number of aromatic nitrogens is 3. The first-order valence-electron chi connectivity index (χ1n) is 5.10. The summed E-state index contributed by atoms with van der Waals surface area (Å²) in [4.78, 5) is 12.4. The van der Waals surface area contributed by atoms with E-state index in [4.69, 9.17) is 0 Å². The molecule has 78 valence electrons. The summed E-state index contributed by atoms with van der Waals surface area (Å²) in [5.41, 5.74) is 2.49. The lowest BCUT2D eigenvalue weighted by atomic mass is 10.2. The van der Waals surface area contributed by atoms with Gasteiger partial charge in [-0.3, -0.25) is 4.98 Å². The van der Waals surface area contributed by atoms with Crippen LogP contribution in [0.4, 0.5) is 11.6 Å². The minimum atomic E-state index is 0.709. The number of allylic oxidation sites excluding steroid dienone is 1. The fraction of sp³-hybridized carbons (Fsp3) is 0.0833. The van der Waals surface area contributed by atoms with Gasteiger partial charge in [0.15, 0.2) is 0 Å². The third-order valence-electron chi connectivity index (χ3n) is 2.48. The highest BCUT2D eigenvalue weighted by Crippen LogP contribution is 2.21. The van der Waals surface area contributed by atoms with Crippen LogP contribution < -0.4 is 5.32 Å². The summed E-state index contributed by atoms with van der Waals surface area (Å²) in [6.07, 6.45) is 12.0. The Hall–Kier alpha value is -2.23. The van der Waals surface area contributed by atoms with E-state index in [0.29, 0.717) is 5.82 Å². The summed E-state index contributed by atoms with van der Waals surface area (Å²) in [6, 6.07) is 2.05. The van der Waals surface area contributed by atoms with Crippen LogP contribution in [0.3, 0.4) is 0 Å². The molecule has 0 aliphatic heterocycles. The van der Waals surface area contributed by atoms with E-state index >= 15 is 0 Å². The fourth-order valence-corrected chi connectivity index (χ4v) is 1.71. The number of anilines is 2. The Morgan fingerprint density at radius 3 is 2.94 bits per heavy atom. The maximum absolute atomic E-state index is 4.32. The summed E-state index contributed by atoms with van der Waals surface area (Å²) in [7, 11) is 0. The maximum atomic E-state index is 4.32. The van der Waals surface area contributed by atoms with Gasteiger partial charge in [0.05, 0.1) is 6.20 Å². The molecule has 4 heteroatoms. The lowest BCUT2D eigenvalue weighted by molar-refractivity contribution is 1.17. The van der Waals surface area contributed by atoms with E-state index in [1.165, 1.54) is 11.1 Å². The van der Waals surface area contributed by atoms with Crippen LogP contribution >= 0.6 is 0 Å². The molecule has 2 heterocycles. The summed E-state index contributed by atoms with van der Waals surface area (Å²) < 4.78 is 0. The van der Waals surface area contributed by atoms with Gasteiger partial charge < -0.3 is 5.32 Å². The molecule has 0 saturated heterocycles. The Morgan fingerprint density at radius 2 is 2.06 bits per heavy atom. The molecule has 1 aliphatic carbocycles. The van der Waals surface area contributed by atoms with Crippen LogP contribution in [-0.2, 0) is 6.42 Å². The van der Waals surface area contributed by atoms with Crippen molar-refractivity contribution in [2.24, 2.45) is 0 Å². The molecule has 1 aliphatic rings. The van der Waals surface area contributed by atoms with Gasteiger partial charge in [0.1, 0.15) is 11.6 Å². The van der Waals surface area contributed by atoms with Crippen LogP contribution in [0.1, 0.15) is 11.1 Å². The molecule has 0 radical (unpaired) electrons. The summed E-state index contributed by atoms with van der Waals surface area (Å²) in [6.45, 7) is 0. The molecule has 0 atom stereocenters. The molecule has 16 heavy (non-hydrogen) atoms. The number of rotatable bonds is 2. The average Bonchev–Trinajstić information content (AvgIpc) is 2.77. The summed E-state index contributed by atoms with van der Waals surface area (Å²) in [5.74, 6) is 1.52. The van der Waals surface area contributed by atoms with Crippen molar-refractivity contribution >= 4 is 17.7 Å². The van der Waals surface area contributed by atoms with E-state index in [1.54, 1.807) is 18.6 Å². The second-order valence-corrected chi connectivity index (χ2v) is 3.59. The topological polar surface area (TPSA) is 50.7 Å². The van der Waals surface area contributed by atoms with Crippen LogP contribution in [0.5, 0.6) is 0 Å². The third kappa shape index (κ3) is 1.65. The van der Waals surface area contributed by atoms with E-state index in [-0.39, 0.29) is 0 Å². The number of nitrogens with one attached hydrogen (secondary N) is 1. The summed E-state index contributed by atoms with van der Waals surface area (Å²) >= 11 is 0. The number of fused-ring (bicyclic) bond motifs is 1. The minimum Gasteiger partial charge on any atom is -0.324 e. The first-order chi connectivity index (χ1) is 7.92. The predicted octanol–water partition coefficient (Wildman–Crippen LogP) is 2.18.